The van der Waals surface area contributed by atoms with Gasteiger partial charge in [0.1, 0.15) is 5.82 Å². The third kappa shape index (κ3) is 2.15. The van der Waals surface area contributed by atoms with Gasteiger partial charge in [-0.1, -0.05) is 29.8 Å². The predicted octanol–water partition coefficient (Wildman–Crippen LogP) is 2.56. The van der Waals surface area contributed by atoms with E-state index in [-0.39, 0.29) is 0 Å². The Morgan fingerprint density at radius 1 is 1.11 bits per heavy atom. The normalized spacial score (nSPS) is 10.6. The van der Waals surface area contributed by atoms with Crippen molar-refractivity contribution >= 4 is 17.4 Å². The van der Waals surface area contributed by atoms with Crippen molar-refractivity contribution in [1.29, 1.82) is 0 Å². The maximum atomic E-state index is 6.15. The van der Waals surface area contributed by atoms with Crippen LogP contribution in [0, 0.1) is 0 Å². The summed E-state index contributed by atoms with van der Waals surface area (Å²) in [6.45, 7) is 0. The number of hydrogen-bond donors (Lipinski definition) is 1. The van der Waals surface area contributed by atoms with Crippen LogP contribution < -0.4 is 5.73 Å². The number of nitrogens with two attached hydrogens (primary N) is 1. The first-order chi connectivity index (χ1) is 9.25. The molecule has 0 bridgehead atoms. The highest BCUT2D eigenvalue weighted by atomic mass is 35.5. The van der Waals surface area contributed by atoms with Crippen molar-refractivity contribution < 1.29 is 0 Å². The molecule has 94 valence electrons. The van der Waals surface area contributed by atoms with E-state index in [1.54, 1.807) is 24.4 Å². The fourth-order valence-electron chi connectivity index (χ4n) is 1.79. The Hall–Kier alpha value is -2.40. The molecule has 0 aliphatic carbocycles. The summed E-state index contributed by atoms with van der Waals surface area (Å²) in [5.41, 5.74) is 7.48. The number of nitrogen functional groups attached to an aromatic ring is 1. The van der Waals surface area contributed by atoms with E-state index in [1.807, 2.05) is 24.3 Å². The van der Waals surface area contributed by atoms with Crippen LogP contribution in [0.15, 0.2) is 48.7 Å². The van der Waals surface area contributed by atoms with Crippen molar-refractivity contribution in [3.63, 3.8) is 0 Å². The van der Waals surface area contributed by atoms with Gasteiger partial charge in [0.2, 0.25) is 0 Å². The van der Waals surface area contributed by atoms with Crippen LogP contribution in [0.25, 0.3) is 17.1 Å². The van der Waals surface area contributed by atoms with Gasteiger partial charge in [0.25, 0.3) is 0 Å². The fourth-order valence-corrected chi connectivity index (χ4v) is 2.02. The largest absolute Gasteiger partial charge is 0.384 e. The van der Waals surface area contributed by atoms with Crippen molar-refractivity contribution in [2.45, 2.75) is 0 Å². The molecule has 3 rings (SSSR count). The Bertz CT molecular complexity index is 708. The molecule has 3 aromatic rings. The second kappa shape index (κ2) is 4.70. The second-order valence-electron chi connectivity index (χ2n) is 3.93. The molecule has 0 saturated carbocycles. The quantitative estimate of drug-likeness (QED) is 0.778. The molecule has 0 saturated heterocycles. The number of halogens is 1. The van der Waals surface area contributed by atoms with Gasteiger partial charge in [-0.2, -0.15) is 14.9 Å². The molecular formula is C13H10ClN5. The zero-order valence-electron chi connectivity index (χ0n) is 9.86. The monoisotopic (exact) mass is 271 g/mol. The topological polar surface area (TPSA) is 69.6 Å². The van der Waals surface area contributed by atoms with Gasteiger partial charge < -0.3 is 5.73 Å². The van der Waals surface area contributed by atoms with E-state index >= 15 is 0 Å². The highest BCUT2D eigenvalue weighted by molar-refractivity contribution is 6.33. The Labute approximate surface area is 114 Å². The van der Waals surface area contributed by atoms with Gasteiger partial charge in [0, 0.05) is 17.8 Å². The van der Waals surface area contributed by atoms with E-state index in [1.165, 1.54) is 4.68 Å². The molecule has 1 aromatic carbocycles. The minimum Gasteiger partial charge on any atom is -0.384 e. The molecule has 2 heterocycles. The standard InChI is InChI=1S/C13H10ClN5/c14-10-5-2-1-4-9(10)11-8-12(15)19(18-11)13-6-3-7-16-17-13/h1-8H,15H2. The summed E-state index contributed by atoms with van der Waals surface area (Å²) in [7, 11) is 0. The van der Waals surface area contributed by atoms with Crippen molar-refractivity contribution in [1.82, 2.24) is 20.0 Å². The summed E-state index contributed by atoms with van der Waals surface area (Å²) in [5.74, 6) is 1.05. The molecular weight excluding hydrogens is 262 g/mol. The molecule has 0 atom stereocenters. The number of anilines is 1. The minimum absolute atomic E-state index is 0.482. The third-order valence-electron chi connectivity index (χ3n) is 2.66. The van der Waals surface area contributed by atoms with Gasteiger partial charge in [0.05, 0.1) is 10.7 Å². The summed E-state index contributed by atoms with van der Waals surface area (Å²) < 4.78 is 1.53. The first kappa shape index (κ1) is 11.7. The lowest BCUT2D eigenvalue weighted by molar-refractivity contribution is 0.825. The highest BCUT2D eigenvalue weighted by Crippen LogP contribution is 2.28. The molecule has 0 aliphatic heterocycles. The summed E-state index contributed by atoms with van der Waals surface area (Å²) in [5, 5.41) is 12.8. The van der Waals surface area contributed by atoms with Crippen LogP contribution in [0.4, 0.5) is 5.82 Å². The molecule has 0 fully saturated rings. The van der Waals surface area contributed by atoms with E-state index in [2.05, 4.69) is 15.3 Å². The van der Waals surface area contributed by atoms with Gasteiger partial charge >= 0.3 is 0 Å². The van der Waals surface area contributed by atoms with Crippen molar-refractivity contribution in [3.05, 3.63) is 53.7 Å². The maximum Gasteiger partial charge on any atom is 0.177 e. The molecule has 0 unspecified atom stereocenters. The lowest BCUT2D eigenvalue weighted by atomic mass is 10.1. The van der Waals surface area contributed by atoms with Gasteiger partial charge in [0.15, 0.2) is 5.82 Å². The number of rotatable bonds is 2. The zero-order chi connectivity index (χ0) is 13.2. The Kier molecular flexibility index (Phi) is 2.89. The van der Waals surface area contributed by atoms with E-state index in [0.29, 0.717) is 22.4 Å². The maximum absolute atomic E-state index is 6.15. The van der Waals surface area contributed by atoms with Gasteiger partial charge in [-0.3, -0.25) is 0 Å². The van der Waals surface area contributed by atoms with Crippen LogP contribution >= 0.6 is 11.6 Å². The second-order valence-corrected chi connectivity index (χ2v) is 4.34. The zero-order valence-corrected chi connectivity index (χ0v) is 10.6. The SMILES string of the molecule is Nc1cc(-c2ccccc2Cl)nn1-c1cccnn1. The van der Waals surface area contributed by atoms with Crippen molar-refractivity contribution in [2.24, 2.45) is 0 Å². The van der Waals surface area contributed by atoms with Gasteiger partial charge in [-0.15, -0.1) is 5.10 Å². The lowest BCUT2D eigenvalue weighted by Gasteiger charge is -2.01. The molecule has 6 heteroatoms. The summed E-state index contributed by atoms with van der Waals surface area (Å²) in [4.78, 5) is 0. The van der Waals surface area contributed by atoms with Crippen LogP contribution in [-0.4, -0.2) is 20.0 Å². The van der Waals surface area contributed by atoms with E-state index in [0.717, 1.165) is 5.56 Å². The molecule has 0 aliphatic rings. The van der Waals surface area contributed by atoms with E-state index < -0.39 is 0 Å². The Morgan fingerprint density at radius 2 is 1.95 bits per heavy atom. The number of aromatic nitrogens is 4. The molecule has 19 heavy (non-hydrogen) atoms. The number of hydrogen-bond acceptors (Lipinski definition) is 4. The highest BCUT2D eigenvalue weighted by Gasteiger charge is 2.11. The van der Waals surface area contributed by atoms with Crippen LogP contribution in [0.5, 0.6) is 0 Å². The Balaban J connectivity index is 2.10. The van der Waals surface area contributed by atoms with Crippen LogP contribution in [-0.2, 0) is 0 Å². The Morgan fingerprint density at radius 3 is 2.68 bits per heavy atom. The smallest absolute Gasteiger partial charge is 0.177 e. The molecule has 0 radical (unpaired) electrons. The number of benzene rings is 1. The molecule has 0 spiro atoms. The first-order valence-corrected chi connectivity index (χ1v) is 6.02. The van der Waals surface area contributed by atoms with Crippen molar-refractivity contribution in [3.8, 4) is 17.1 Å². The predicted molar refractivity (Wildman–Crippen MR) is 74.0 cm³/mol. The van der Waals surface area contributed by atoms with E-state index in [4.69, 9.17) is 17.3 Å². The summed E-state index contributed by atoms with van der Waals surface area (Å²) in [6, 6.07) is 12.8. The van der Waals surface area contributed by atoms with Crippen LogP contribution in [0.1, 0.15) is 0 Å². The van der Waals surface area contributed by atoms with Gasteiger partial charge in [-0.25, -0.2) is 0 Å². The van der Waals surface area contributed by atoms with Gasteiger partial charge in [-0.05, 0) is 18.2 Å². The number of nitrogens with zero attached hydrogens (tertiary/aromatic N) is 4. The summed E-state index contributed by atoms with van der Waals surface area (Å²) in [6.07, 6.45) is 1.60. The minimum atomic E-state index is 0.482. The average Bonchev–Trinajstić information content (AvgIpc) is 2.82. The molecule has 0 amide bonds. The molecule has 5 nitrogen and oxygen atoms in total. The molecule has 2 aromatic heterocycles. The summed E-state index contributed by atoms with van der Waals surface area (Å²) >= 11 is 6.15. The van der Waals surface area contributed by atoms with Crippen LogP contribution in [0.2, 0.25) is 5.02 Å². The average molecular weight is 272 g/mol. The van der Waals surface area contributed by atoms with E-state index in [9.17, 15) is 0 Å². The van der Waals surface area contributed by atoms with Crippen molar-refractivity contribution in [2.75, 3.05) is 5.73 Å². The third-order valence-corrected chi connectivity index (χ3v) is 2.99. The van der Waals surface area contributed by atoms with Crippen LogP contribution in [0.3, 0.4) is 0 Å². The molecule has 2 N–H and O–H groups in total. The fraction of sp³-hybridized carbons (Fsp3) is 0. The first-order valence-electron chi connectivity index (χ1n) is 5.64. The lowest BCUT2D eigenvalue weighted by Crippen LogP contribution is -2.04.